The summed E-state index contributed by atoms with van der Waals surface area (Å²) in [5.41, 5.74) is 5.31. The lowest BCUT2D eigenvalue weighted by atomic mass is 10.2. The van der Waals surface area contributed by atoms with Crippen LogP contribution in [0, 0.1) is 0 Å². The van der Waals surface area contributed by atoms with Gasteiger partial charge in [0.15, 0.2) is 12.2 Å². The van der Waals surface area contributed by atoms with Gasteiger partial charge in [0.25, 0.3) is 5.91 Å². The largest absolute Gasteiger partial charge is 0.480 e. The third-order valence-corrected chi connectivity index (χ3v) is 2.78. The van der Waals surface area contributed by atoms with Crippen molar-refractivity contribution in [3.05, 3.63) is 0 Å². The van der Waals surface area contributed by atoms with Crippen molar-refractivity contribution in [1.82, 2.24) is 10.6 Å². The number of nitrogens with one attached hydrogen (secondary N) is 2. The molecular weight excluding hydrogens is 298 g/mol. The number of epoxide rings is 1. The van der Waals surface area contributed by atoms with Crippen LogP contribution >= 0.6 is 0 Å². The first kappa shape index (κ1) is 17.9. The molecule has 2 unspecified atom stereocenters. The third-order valence-electron chi connectivity index (χ3n) is 2.78. The number of carbonyl (C=O) groups excluding carboxylic acids is 3. The molecule has 124 valence electrons. The Morgan fingerprint density at radius 2 is 1.95 bits per heavy atom. The average molecular weight is 317 g/mol. The molecule has 22 heavy (non-hydrogen) atoms. The zero-order chi connectivity index (χ0) is 16.9. The fraction of sp³-hybridized carbons (Fsp3) is 0.667. The van der Waals surface area contributed by atoms with Gasteiger partial charge in [-0.3, -0.25) is 9.59 Å². The molecule has 2 amide bonds. The number of ether oxygens (including phenoxy) is 2. The number of amides is 2. The fourth-order valence-corrected chi connectivity index (χ4v) is 1.52. The van der Waals surface area contributed by atoms with Crippen LogP contribution in [0.1, 0.15) is 13.8 Å². The molecule has 10 heteroatoms. The van der Waals surface area contributed by atoms with Crippen LogP contribution in [0.15, 0.2) is 0 Å². The van der Waals surface area contributed by atoms with Gasteiger partial charge in [0.1, 0.15) is 6.04 Å². The molecule has 0 saturated carbocycles. The highest BCUT2D eigenvalue weighted by Crippen LogP contribution is 2.23. The lowest BCUT2D eigenvalue weighted by Gasteiger charge is -2.16. The molecule has 0 bridgehead atoms. The van der Waals surface area contributed by atoms with Crippen molar-refractivity contribution in [3.8, 4) is 0 Å². The first-order chi connectivity index (χ1) is 10.3. The molecule has 1 heterocycles. The Hall–Kier alpha value is -2.20. The van der Waals surface area contributed by atoms with Crippen molar-refractivity contribution < 1.29 is 33.8 Å². The number of hydrogen-bond donors (Lipinski definition) is 4. The van der Waals surface area contributed by atoms with Gasteiger partial charge < -0.3 is 30.9 Å². The van der Waals surface area contributed by atoms with Gasteiger partial charge in [-0.1, -0.05) is 0 Å². The smallest absolute Gasteiger partial charge is 0.338 e. The topological polar surface area (TPSA) is 160 Å². The molecule has 10 nitrogen and oxygen atoms in total. The molecule has 0 aromatic rings. The van der Waals surface area contributed by atoms with Crippen LogP contribution in [-0.4, -0.2) is 66.3 Å². The molecule has 0 aliphatic carbocycles. The van der Waals surface area contributed by atoms with Crippen LogP contribution < -0.4 is 16.4 Å². The molecule has 0 radical (unpaired) electrons. The van der Waals surface area contributed by atoms with Crippen LogP contribution in [0.5, 0.6) is 0 Å². The molecule has 1 fully saturated rings. The molecule has 0 aromatic carbocycles. The minimum Gasteiger partial charge on any atom is -0.480 e. The van der Waals surface area contributed by atoms with E-state index in [1.54, 1.807) is 6.92 Å². The second-order valence-electron chi connectivity index (χ2n) is 4.66. The molecule has 0 aromatic heterocycles. The monoisotopic (exact) mass is 317 g/mol. The minimum absolute atomic E-state index is 0.164. The van der Waals surface area contributed by atoms with Gasteiger partial charge in [-0.15, -0.1) is 0 Å². The van der Waals surface area contributed by atoms with Crippen LogP contribution in [-0.2, 0) is 28.7 Å². The van der Waals surface area contributed by atoms with Gasteiger partial charge >= 0.3 is 11.9 Å². The molecule has 1 rings (SSSR count). The highest BCUT2D eigenvalue weighted by Gasteiger charge is 2.51. The minimum atomic E-state index is -1.33. The molecule has 1 aliphatic rings. The summed E-state index contributed by atoms with van der Waals surface area (Å²) >= 11 is 0. The van der Waals surface area contributed by atoms with E-state index in [1.807, 2.05) is 0 Å². The molecule has 1 saturated heterocycles. The Kier molecular flexibility index (Phi) is 6.25. The number of esters is 1. The van der Waals surface area contributed by atoms with E-state index >= 15 is 0 Å². The van der Waals surface area contributed by atoms with Crippen molar-refractivity contribution >= 4 is 23.8 Å². The molecule has 1 aliphatic heterocycles. The van der Waals surface area contributed by atoms with Crippen LogP contribution in [0.3, 0.4) is 0 Å². The SMILES string of the molecule is CCOC(=O)C1OC1C(=O)NC[C@H](NC(=O)[C@H](C)N)C(=O)O. The maximum atomic E-state index is 11.7. The normalized spacial score (nSPS) is 22.1. The zero-order valence-corrected chi connectivity index (χ0v) is 12.2. The van der Waals surface area contributed by atoms with Gasteiger partial charge in [0, 0.05) is 6.54 Å². The summed E-state index contributed by atoms with van der Waals surface area (Å²) in [5, 5.41) is 13.4. The van der Waals surface area contributed by atoms with E-state index in [9.17, 15) is 19.2 Å². The predicted octanol–water partition coefficient (Wildman–Crippen LogP) is -2.65. The summed E-state index contributed by atoms with van der Waals surface area (Å²) in [7, 11) is 0. The summed E-state index contributed by atoms with van der Waals surface area (Å²) in [6.07, 6.45) is -1.97. The predicted molar refractivity (Wildman–Crippen MR) is 71.5 cm³/mol. The Morgan fingerprint density at radius 3 is 2.45 bits per heavy atom. The van der Waals surface area contributed by atoms with E-state index in [2.05, 4.69) is 15.4 Å². The summed E-state index contributed by atoms with van der Waals surface area (Å²) in [4.78, 5) is 45.4. The lowest BCUT2D eigenvalue weighted by Crippen LogP contribution is -2.52. The van der Waals surface area contributed by atoms with Gasteiger partial charge in [0.2, 0.25) is 5.91 Å². The number of carbonyl (C=O) groups is 4. The third kappa shape index (κ3) is 4.97. The van der Waals surface area contributed by atoms with Crippen molar-refractivity contribution in [3.63, 3.8) is 0 Å². The van der Waals surface area contributed by atoms with E-state index < -0.39 is 48.0 Å². The number of rotatable bonds is 8. The Labute approximate surface area is 126 Å². The molecule has 4 atom stereocenters. The summed E-state index contributed by atoms with van der Waals surface area (Å²) in [6, 6.07) is -2.21. The highest BCUT2D eigenvalue weighted by molar-refractivity contribution is 5.93. The van der Waals surface area contributed by atoms with Crippen LogP contribution in [0.25, 0.3) is 0 Å². The number of carboxylic acids is 1. The maximum absolute atomic E-state index is 11.7. The molecular formula is C12H19N3O7. The van der Waals surface area contributed by atoms with E-state index in [1.165, 1.54) is 6.92 Å². The quantitative estimate of drug-likeness (QED) is 0.279. The van der Waals surface area contributed by atoms with Gasteiger partial charge in [-0.2, -0.15) is 0 Å². The highest BCUT2D eigenvalue weighted by atomic mass is 16.6. The van der Waals surface area contributed by atoms with Gasteiger partial charge in [0.05, 0.1) is 12.6 Å². The second kappa shape index (κ2) is 7.71. The Morgan fingerprint density at radius 1 is 1.32 bits per heavy atom. The van der Waals surface area contributed by atoms with E-state index in [0.29, 0.717) is 0 Å². The molecule has 0 spiro atoms. The first-order valence-corrected chi connectivity index (χ1v) is 6.66. The Balaban J connectivity index is 2.43. The maximum Gasteiger partial charge on any atom is 0.338 e. The number of carboxylic acid groups (broad SMARTS) is 1. The van der Waals surface area contributed by atoms with Crippen LogP contribution in [0.4, 0.5) is 0 Å². The number of hydrogen-bond acceptors (Lipinski definition) is 7. The van der Waals surface area contributed by atoms with E-state index in [0.717, 1.165) is 0 Å². The summed E-state index contributed by atoms with van der Waals surface area (Å²) in [5.74, 6) is -3.29. The van der Waals surface area contributed by atoms with Crippen molar-refractivity contribution in [2.75, 3.05) is 13.2 Å². The second-order valence-corrected chi connectivity index (χ2v) is 4.66. The number of nitrogens with two attached hydrogens (primary N) is 1. The first-order valence-electron chi connectivity index (χ1n) is 6.66. The Bertz CT molecular complexity index is 466. The zero-order valence-electron chi connectivity index (χ0n) is 12.2. The lowest BCUT2D eigenvalue weighted by molar-refractivity contribution is -0.145. The number of aliphatic carboxylic acids is 1. The van der Waals surface area contributed by atoms with Crippen molar-refractivity contribution in [1.29, 1.82) is 0 Å². The summed E-state index contributed by atoms with van der Waals surface area (Å²) in [6.45, 7) is 2.82. The van der Waals surface area contributed by atoms with Gasteiger partial charge in [-0.25, -0.2) is 9.59 Å². The van der Waals surface area contributed by atoms with E-state index in [4.69, 9.17) is 15.6 Å². The van der Waals surface area contributed by atoms with Crippen LogP contribution in [0.2, 0.25) is 0 Å². The average Bonchev–Trinajstić information content (AvgIpc) is 3.23. The van der Waals surface area contributed by atoms with E-state index in [-0.39, 0.29) is 13.2 Å². The van der Waals surface area contributed by atoms with Crippen molar-refractivity contribution in [2.24, 2.45) is 5.73 Å². The summed E-state index contributed by atoms with van der Waals surface area (Å²) < 4.78 is 9.54. The van der Waals surface area contributed by atoms with Crippen molar-refractivity contribution in [2.45, 2.75) is 38.1 Å². The van der Waals surface area contributed by atoms with Gasteiger partial charge in [-0.05, 0) is 13.8 Å². The standard InChI is InChI=1S/C12H19N3O7/c1-3-21-12(20)8-7(22-8)10(17)14-4-6(11(18)19)15-9(16)5(2)13/h5-8H,3-4,13H2,1-2H3,(H,14,17)(H,15,16)(H,18,19)/t5-,6-,7?,8?/m0/s1. The fourth-order valence-electron chi connectivity index (χ4n) is 1.52. The molecule has 5 N–H and O–H groups in total.